The van der Waals surface area contributed by atoms with Gasteiger partial charge in [-0.15, -0.1) is 0 Å². The Balaban J connectivity index is 3.09. The summed E-state index contributed by atoms with van der Waals surface area (Å²) in [5, 5.41) is -0.00992. The Kier molecular flexibility index (Phi) is 2.75. The van der Waals surface area contributed by atoms with Gasteiger partial charge in [0.05, 0.1) is 9.94 Å². The first-order chi connectivity index (χ1) is 5.73. The lowest BCUT2D eigenvalue weighted by Crippen LogP contribution is -2.34. The third-order valence-electron chi connectivity index (χ3n) is 1.56. The first-order valence-electron chi connectivity index (χ1n) is 3.26. The van der Waals surface area contributed by atoms with Crippen LogP contribution in [0.2, 0.25) is 0 Å². The predicted molar refractivity (Wildman–Crippen MR) is 51.0 cm³/mol. The van der Waals surface area contributed by atoms with Crippen molar-refractivity contribution in [3.63, 3.8) is 0 Å². The standard InChI is InChI=1S/C6H7Cl2NO3S/c7-5-3-4(13(10,11)12)1-2-6(5,8)9/h1,3H,2,9H2,(H,10,11,12). The van der Waals surface area contributed by atoms with Crippen LogP contribution >= 0.6 is 23.2 Å². The molecular formula is C6H7Cl2NO3S. The zero-order valence-corrected chi connectivity index (χ0v) is 8.70. The maximum absolute atomic E-state index is 10.6. The Morgan fingerprint density at radius 3 is 2.54 bits per heavy atom. The van der Waals surface area contributed by atoms with E-state index >= 15 is 0 Å². The first kappa shape index (κ1) is 11.0. The summed E-state index contributed by atoms with van der Waals surface area (Å²) in [5.41, 5.74) is 5.47. The molecule has 0 fully saturated rings. The average Bonchev–Trinajstić information content (AvgIpc) is 1.92. The molecule has 4 nitrogen and oxygen atoms in total. The molecule has 1 unspecified atom stereocenters. The summed E-state index contributed by atoms with van der Waals surface area (Å²) in [7, 11) is -4.22. The average molecular weight is 244 g/mol. The number of rotatable bonds is 1. The van der Waals surface area contributed by atoms with Gasteiger partial charge in [-0.2, -0.15) is 8.42 Å². The highest BCUT2D eigenvalue weighted by Gasteiger charge is 2.30. The van der Waals surface area contributed by atoms with Crippen LogP contribution in [0.25, 0.3) is 0 Å². The van der Waals surface area contributed by atoms with Crippen molar-refractivity contribution in [1.82, 2.24) is 0 Å². The van der Waals surface area contributed by atoms with Crippen molar-refractivity contribution in [1.29, 1.82) is 0 Å². The van der Waals surface area contributed by atoms with Crippen LogP contribution in [0.4, 0.5) is 0 Å². The quantitative estimate of drug-likeness (QED) is 0.412. The summed E-state index contributed by atoms with van der Waals surface area (Å²) >= 11 is 11.3. The van der Waals surface area contributed by atoms with Gasteiger partial charge in [-0.05, 0) is 6.08 Å². The SMILES string of the molecule is NC1(Cl)CC=C(S(=O)(=O)O)C=C1Cl. The summed E-state index contributed by atoms with van der Waals surface area (Å²) in [6.45, 7) is 0. The highest BCUT2D eigenvalue weighted by Crippen LogP contribution is 2.33. The third-order valence-corrected chi connectivity index (χ3v) is 3.35. The second-order valence-corrected chi connectivity index (χ2v) is 5.14. The lowest BCUT2D eigenvalue weighted by atomic mass is 10.1. The Labute approximate surface area is 85.8 Å². The predicted octanol–water partition coefficient (Wildman–Crippen LogP) is 1.18. The molecule has 7 heteroatoms. The van der Waals surface area contributed by atoms with Crippen LogP contribution in [0.15, 0.2) is 22.1 Å². The van der Waals surface area contributed by atoms with Crippen molar-refractivity contribution in [2.75, 3.05) is 0 Å². The largest absolute Gasteiger partial charge is 0.308 e. The minimum Gasteiger partial charge on any atom is -0.308 e. The molecule has 74 valence electrons. The summed E-state index contributed by atoms with van der Waals surface area (Å²) in [5.74, 6) is 0. The molecule has 0 saturated carbocycles. The van der Waals surface area contributed by atoms with Crippen LogP contribution in [0.1, 0.15) is 6.42 Å². The molecule has 13 heavy (non-hydrogen) atoms. The van der Waals surface area contributed by atoms with Gasteiger partial charge >= 0.3 is 0 Å². The molecule has 0 amide bonds. The number of alkyl halides is 1. The van der Waals surface area contributed by atoms with Gasteiger partial charge < -0.3 is 5.73 Å². The fourth-order valence-electron chi connectivity index (χ4n) is 0.830. The van der Waals surface area contributed by atoms with E-state index in [-0.39, 0.29) is 16.4 Å². The van der Waals surface area contributed by atoms with E-state index < -0.39 is 15.1 Å². The van der Waals surface area contributed by atoms with E-state index in [1.54, 1.807) is 0 Å². The molecule has 0 aromatic rings. The molecule has 3 N–H and O–H groups in total. The molecule has 0 radical (unpaired) electrons. The monoisotopic (exact) mass is 243 g/mol. The van der Waals surface area contributed by atoms with E-state index in [1.807, 2.05) is 0 Å². The highest BCUT2D eigenvalue weighted by atomic mass is 35.5. The van der Waals surface area contributed by atoms with Crippen LogP contribution in [-0.2, 0) is 10.1 Å². The number of halogens is 2. The molecule has 1 atom stereocenters. The molecule has 0 aliphatic heterocycles. The van der Waals surface area contributed by atoms with E-state index in [2.05, 4.69) is 0 Å². The van der Waals surface area contributed by atoms with Crippen LogP contribution < -0.4 is 5.73 Å². The molecule has 0 aromatic carbocycles. The molecule has 1 aliphatic rings. The zero-order chi connectivity index (χ0) is 10.3. The lowest BCUT2D eigenvalue weighted by molar-refractivity contribution is 0.491. The third kappa shape index (κ3) is 2.45. The normalized spacial score (nSPS) is 29.5. The highest BCUT2D eigenvalue weighted by molar-refractivity contribution is 7.90. The van der Waals surface area contributed by atoms with E-state index in [4.69, 9.17) is 33.5 Å². The van der Waals surface area contributed by atoms with E-state index in [1.165, 1.54) is 6.08 Å². The minimum absolute atomic E-state index is 0.00992. The number of hydrogen-bond donors (Lipinski definition) is 2. The Morgan fingerprint density at radius 2 is 2.15 bits per heavy atom. The van der Waals surface area contributed by atoms with Crippen LogP contribution in [0, 0.1) is 0 Å². The number of hydrogen-bond acceptors (Lipinski definition) is 3. The zero-order valence-electron chi connectivity index (χ0n) is 6.37. The van der Waals surface area contributed by atoms with E-state index in [0.29, 0.717) is 0 Å². The van der Waals surface area contributed by atoms with Crippen molar-refractivity contribution in [3.8, 4) is 0 Å². The first-order valence-corrected chi connectivity index (χ1v) is 5.46. The fraction of sp³-hybridized carbons (Fsp3) is 0.333. The smallest absolute Gasteiger partial charge is 0.294 e. The van der Waals surface area contributed by atoms with Crippen molar-refractivity contribution in [2.24, 2.45) is 5.73 Å². The number of nitrogens with two attached hydrogens (primary N) is 1. The van der Waals surface area contributed by atoms with Gasteiger partial charge in [0.1, 0.15) is 5.00 Å². The van der Waals surface area contributed by atoms with Gasteiger partial charge in [0.25, 0.3) is 10.1 Å². The van der Waals surface area contributed by atoms with Gasteiger partial charge in [0.15, 0.2) is 0 Å². The fourth-order valence-corrected chi connectivity index (χ4v) is 1.78. The van der Waals surface area contributed by atoms with E-state index in [9.17, 15) is 8.42 Å². The summed E-state index contributed by atoms with van der Waals surface area (Å²) in [4.78, 5) is -1.55. The summed E-state index contributed by atoms with van der Waals surface area (Å²) in [6, 6.07) is 0. The Morgan fingerprint density at radius 1 is 1.62 bits per heavy atom. The second kappa shape index (κ2) is 3.25. The molecular weight excluding hydrogens is 237 g/mol. The van der Waals surface area contributed by atoms with Gasteiger partial charge in [-0.25, -0.2) is 0 Å². The van der Waals surface area contributed by atoms with Crippen molar-refractivity contribution >= 4 is 33.3 Å². The molecule has 0 spiro atoms. The van der Waals surface area contributed by atoms with Gasteiger partial charge in [-0.3, -0.25) is 4.55 Å². The molecule has 0 aromatic heterocycles. The molecule has 0 bridgehead atoms. The molecule has 0 heterocycles. The second-order valence-electron chi connectivity index (χ2n) is 2.64. The topological polar surface area (TPSA) is 80.4 Å². The Hall–Kier alpha value is -0.0700. The Bertz CT molecular complexity index is 383. The lowest BCUT2D eigenvalue weighted by Gasteiger charge is -2.23. The van der Waals surface area contributed by atoms with Crippen molar-refractivity contribution in [2.45, 2.75) is 11.4 Å². The maximum Gasteiger partial charge on any atom is 0.294 e. The van der Waals surface area contributed by atoms with Gasteiger partial charge in [0.2, 0.25) is 0 Å². The van der Waals surface area contributed by atoms with Crippen molar-refractivity contribution < 1.29 is 13.0 Å². The summed E-state index contributed by atoms with van der Waals surface area (Å²) in [6.07, 6.45) is 2.31. The minimum atomic E-state index is -4.22. The van der Waals surface area contributed by atoms with Crippen LogP contribution in [0.3, 0.4) is 0 Å². The molecule has 1 aliphatic carbocycles. The van der Waals surface area contributed by atoms with Crippen molar-refractivity contribution in [3.05, 3.63) is 22.1 Å². The van der Waals surface area contributed by atoms with Gasteiger partial charge in [0, 0.05) is 6.42 Å². The molecule has 0 saturated heterocycles. The summed E-state index contributed by atoms with van der Waals surface area (Å²) < 4.78 is 29.9. The molecule has 1 rings (SSSR count). The van der Waals surface area contributed by atoms with Crippen LogP contribution in [0.5, 0.6) is 0 Å². The van der Waals surface area contributed by atoms with Crippen LogP contribution in [-0.4, -0.2) is 18.0 Å². The number of allylic oxidation sites excluding steroid dienone is 1. The van der Waals surface area contributed by atoms with E-state index in [0.717, 1.165) is 6.08 Å². The van der Waals surface area contributed by atoms with Gasteiger partial charge in [-0.1, -0.05) is 29.3 Å². The maximum atomic E-state index is 10.6.